The predicted molar refractivity (Wildman–Crippen MR) is 102 cm³/mol. The van der Waals surface area contributed by atoms with E-state index in [0.29, 0.717) is 24.4 Å². The maximum atomic E-state index is 12.2. The van der Waals surface area contributed by atoms with Gasteiger partial charge in [0.1, 0.15) is 11.5 Å². The summed E-state index contributed by atoms with van der Waals surface area (Å²) in [6.45, 7) is 6.44. The van der Waals surface area contributed by atoms with Gasteiger partial charge < -0.3 is 20.1 Å². The van der Waals surface area contributed by atoms with E-state index in [1.807, 2.05) is 63.2 Å². The Morgan fingerprint density at radius 2 is 1.84 bits per heavy atom. The van der Waals surface area contributed by atoms with E-state index in [9.17, 15) is 4.79 Å². The molecule has 0 radical (unpaired) electrons. The van der Waals surface area contributed by atoms with Gasteiger partial charge in [0.2, 0.25) is 5.91 Å². The van der Waals surface area contributed by atoms with E-state index in [-0.39, 0.29) is 12.0 Å². The van der Waals surface area contributed by atoms with Crippen LogP contribution in [0.25, 0.3) is 0 Å². The minimum Gasteiger partial charge on any atom is -0.495 e. The van der Waals surface area contributed by atoms with Gasteiger partial charge in [-0.05, 0) is 50.6 Å². The van der Waals surface area contributed by atoms with Gasteiger partial charge in [0.05, 0.1) is 24.6 Å². The predicted octanol–water partition coefficient (Wildman–Crippen LogP) is 4.23. The first-order valence-electron chi connectivity index (χ1n) is 8.43. The monoisotopic (exact) mass is 342 g/mol. The molecule has 25 heavy (non-hydrogen) atoms. The molecule has 2 rings (SSSR count). The summed E-state index contributed by atoms with van der Waals surface area (Å²) in [4.78, 5) is 12.2. The quantitative estimate of drug-likeness (QED) is 0.754. The van der Waals surface area contributed by atoms with Crippen molar-refractivity contribution < 1.29 is 14.3 Å². The summed E-state index contributed by atoms with van der Waals surface area (Å²) in [7, 11) is 1.63. The number of benzene rings is 2. The number of carbonyl (C=O) groups is 1. The molecule has 134 valence electrons. The van der Waals surface area contributed by atoms with Crippen LogP contribution < -0.4 is 20.1 Å². The molecule has 0 fully saturated rings. The number of hydrogen-bond donors (Lipinski definition) is 2. The van der Waals surface area contributed by atoms with E-state index < -0.39 is 0 Å². The molecule has 2 N–H and O–H groups in total. The average molecular weight is 342 g/mol. The van der Waals surface area contributed by atoms with Gasteiger partial charge in [-0.15, -0.1) is 0 Å². The van der Waals surface area contributed by atoms with Crippen molar-refractivity contribution in [3.05, 3.63) is 48.0 Å². The molecule has 5 heteroatoms. The van der Waals surface area contributed by atoms with E-state index in [1.165, 1.54) is 0 Å². The normalized spacial score (nSPS) is 10.4. The van der Waals surface area contributed by atoms with Gasteiger partial charge in [0, 0.05) is 13.0 Å². The van der Waals surface area contributed by atoms with Crippen molar-refractivity contribution in [1.82, 2.24) is 0 Å². The third kappa shape index (κ3) is 5.71. The molecule has 0 saturated heterocycles. The smallest absolute Gasteiger partial charge is 0.226 e. The molecule has 1 amide bonds. The van der Waals surface area contributed by atoms with Gasteiger partial charge in [-0.2, -0.15) is 0 Å². The summed E-state index contributed by atoms with van der Waals surface area (Å²) in [5.41, 5.74) is 2.71. The molecule has 0 saturated carbocycles. The van der Waals surface area contributed by atoms with Crippen LogP contribution in [-0.2, 0) is 4.79 Å². The third-order valence-electron chi connectivity index (χ3n) is 3.55. The molecule has 0 heterocycles. The average Bonchev–Trinajstić information content (AvgIpc) is 2.56. The van der Waals surface area contributed by atoms with Crippen molar-refractivity contribution in [1.29, 1.82) is 0 Å². The van der Waals surface area contributed by atoms with E-state index in [0.717, 1.165) is 17.0 Å². The summed E-state index contributed by atoms with van der Waals surface area (Å²) in [5.74, 6) is 1.37. The number of amides is 1. The van der Waals surface area contributed by atoms with Crippen LogP contribution in [0.5, 0.6) is 11.5 Å². The summed E-state index contributed by atoms with van der Waals surface area (Å²) in [6, 6.07) is 13.4. The van der Waals surface area contributed by atoms with Crippen LogP contribution in [0.15, 0.2) is 42.5 Å². The lowest BCUT2D eigenvalue weighted by Gasteiger charge is -2.15. The largest absolute Gasteiger partial charge is 0.495 e. The molecule has 0 spiro atoms. The Hall–Kier alpha value is -2.69. The van der Waals surface area contributed by atoms with Crippen LogP contribution in [0, 0.1) is 6.92 Å². The second-order valence-corrected chi connectivity index (χ2v) is 6.09. The van der Waals surface area contributed by atoms with E-state index in [4.69, 9.17) is 9.47 Å². The maximum absolute atomic E-state index is 12.2. The number of para-hydroxylation sites is 2. The zero-order valence-corrected chi connectivity index (χ0v) is 15.3. The van der Waals surface area contributed by atoms with Crippen molar-refractivity contribution in [2.45, 2.75) is 33.3 Å². The Labute approximate surface area is 149 Å². The van der Waals surface area contributed by atoms with Crippen molar-refractivity contribution in [3.63, 3.8) is 0 Å². The molecule has 0 atom stereocenters. The molecule has 0 aliphatic heterocycles. The minimum atomic E-state index is -0.0704. The second kappa shape index (κ2) is 8.97. The first kappa shape index (κ1) is 18.6. The first-order chi connectivity index (χ1) is 12.0. The molecule has 2 aromatic rings. The van der Waals surface area contributed by atoms with E-state index >= 15 is 0 Å². The van der Waals surface area contributed by atoms with Crippen LogP contribution in [0.3, 0.4) is 0 Å². The van der Waals surface area contributed by atoms with Crippen molar-refractivity contribution >= 4 is 17.3 Å². The maximum Gasteiger partial charge on any atom is 0.226 e. The Bertz CT molecular complexity index is 714. The minimum absolute atomic E-state index is 0.0495. The van der Waals surface area contributed by atoms with E-state index in [1.54, 1.807) is 7.11 Å². The van der Waals surface area contributed by atoms with Crippen LogP contribution in [-0.4, -0.2) is 25.7 Å². The number of aryl methyl sites for hydroxylation is 1. The topological polar surface area (TPSA) is 59.6 Å². The van der Waals surface area contributed by atoms with Gasteiger partial charge in [0.15, 0.2) is 0 Å². The Morgan fingerprint density at radius 1 is 1.08 bits per heavy atom. The van der Waals surface area contributed by atoms with Crippen LogP contribution in [0.2, 0.25) is 0 Å². The highest BCUT2D eigenvalue weighted by molar-refractivity contribution is 5.92. The van der Waals surface area contributed by atoms with Gasteiger partial charge in [-0.3, -0.25) is 4.79 Å². The Kier molecular flexibility index (Phi) is 6.69. The van der Waals surface area contributed by atoms with Gasteiger partial charge in [-0.25, -0.2) is 0 Å². The lowest BCUT2D eigenvalue weighted by atomic mass is 10.2. The molecule has 0 aromatic heterocycles. The summed E-state index contributed by atoms with van der Waals surface area (Å²) in [5, 5.41) is 6.16. The van der Waals surface area contributed by atoms with Crippen molar-refractivity contribution in [2.24, 2.45) is 0 Å². The molecule has 0 aliphatic rings. The molecule has 0 bridgehead atoms. The van der Waals surface area contributed by atoms with Crippen LogP contribution in [0.4, 0.5) is 11.4 Å². The van der Waals surface area contributed by atoms with Gasteiger partial charge >= 0.3 is 0 Å². The summed E-state index contributed by atoms with van der Waals surface area (Å²) >= 11 is 0. The highest BCUT2D eigenvalue weighted by atomic mass is 16.5. The summed E-state index contributed by atoms with van der Waals surface area (Å²) < 4.78 is 11.0. The first-order valence-corrected chi connectivity index (χ1v) is 8.43. The number of anilines is 2. The van der Waals surface area contributed by atoms with Crippen LogP contribution in [0.1, 0.15) is 25.8 Å². The molecule has 0 aliphatic carbocycles. The molecular weight excluding hydrogens is 316 g/mol. The number of ether oxygens (including phenoxy) is 2. The Morgan fingerprint density at radius 3 is 2.56 bits per heavy atom. The summed E-state index contributed by atoms with van der Waals surface area (Å²) in [6.07, 6.45) is 0.390. The number of hydrogen-bond acceptors (Lipinski definition) is 4. The van der Waals surface area contributed by atoms with Gasteiger partial charge in [-0.1, -0.05) is 18.2 Å². The third-order valence-corrected chi connectivity index (χ3v) is 3.55. The fourth-order valence-electron chi connectivity index (χ4n) is 2.41. The zero-order valence-electron chi connectivity index (χ0n) is 15.3. The van der Waals surface area contributed by atoms with Gasteiger partial charge in [0.25, 0.3) is 0 Å². The molecule has 0 unspecified atom stereocenters. The standard InChI is InChI=1S/C20H26N2O3/c1-14(2)25-19-8-6-5-7-16(19)22-20(23)11-12-21-17-13-15(3)9-10-18(17)24-4/h5-10,13-14,21H,11-12H2,1-4H3,(H,22,23). The SMILES string of the molecule is COc1ccc(C)cc1NCCC(=O)Nc1ccccc1OC(C)C. The van der Waals surface area contributed by atoms with Crippen LogP contribution >= 0.6 is 0 Å². The lowest BCUT2D eigenvalue weighted by molar-refractivity contribution is -0.116. The van der Waals surface area contributed by atoms with Crippen molar-refractivity contribution in [3.8, 4) is 11.5 Å². The number of methoxy groups -OCH3 is 1. The fourth-order valence-corrected chi connectivity index (χ4v) is 2.41. The lowest BCUT2D eigenvalue weighted by Crippen LogP contribution is -2.17. The van der Waals surface area contributed by atoms with E-state index in [2.05, 4.69) is 10.6 Å². The zero-order chi connectivity index (χ0) is 18.2. The second-order valence-electron chi connectivity index (χ2n) is 6.09. The number of nitrogens with one attached hydrogen (secondary N) is 2. The van der Waals surface area contributed by atoms with Crippen molar-refractivity contribution in [2.75, 3.05) is 24.3 Å². The number of carbonyl (C=O) groups excluding carboxylic acids is 1. The number of rotatable bonds is 8. The Balaban J connectivity index is 1.91. The fraction of sp³-hybridized carbons (Fsp3) is 0.350. The molecular formula is C20H26N2O3. The molecule has 5 nitrogen and oxygen atoms in total. The molecule has 2 aromatic carbocycles. The highest BCUT2D eigenvalue weighted by Crippen LogP contribution is 2.26. The highest BCUT2D eigenvalue weighted by Gasteiger charge is 2.09.